The maximum atomic E-state index is 11.0. The number of carbonyl (C=O) groups excluding carboxylic acids is 3. The molecule has 1 heterocycles. The summed E-state index contributed by atoms with van der Waals surface area (Å²) >= 11 is 1.96. The average Bonchev–Trinajstić information content (AvgIpc) is 1.65. The molecule has 572 valence electrons. The van der Waals surface area contributed by atoms with E-state index in [1.807, 2.05) is 21.2 Å². The minimum Gasteiger partial charge on any atom is -0.428 e. The number of ether oxygens (including phenoxy) is 8. The molecule has 0 amide bonds. The third-order valence-electron chi connectivity index (χ3n) is 16.1. The number of Topliss-reactive ketones (excluding diaryl/α,β-unsaturated/α-hetero) is 1. The van der Waals surface area contributed by atoms with E-state index < -0.39 is 57.0 Å². The van der Waals surface area contributed by atoms with Crippen LogP contribution in [0.25, 0.3) is 0 Å². The first-order valence-corrected chi connectivity index (χ1v) is 40.0. The first kappa shape index (κ1) is 104. The molecule has 22 nitrogen and oxygen atoms in total. The van der Waals surface area contributed by atoms with Gasteiger partial charge in [0.15, 0.2) is 0 Å². The summed E-state index contributed by atoms with van der Waals surface area (Å²) in [7, 11) is 2.42. The van der Waals surface area contributed by atoms with E-state index >= 15 is 0 Å². The molecule has 8 aliphatic rings. The van der Waals surface area contributed by atoms with Gasteiger partial charge in [-0.15, -0.1) is 12.4 Å². The van der Waals surface area contributed by atoms with Crippen LogP contribution in [0, 0.1) is 0 Å². The SMILES string of the molecule is C.C.C.C1CCC2(CC1)CO2.CC(C)(C)OC(=O)OC(=O)OC(C)(C)C.COCC1(OC)CCCCC1.COCC1(OC)CCCCC1.CS(C)(C)(=O)I.Cl.O=C1CCCCC1.O=S(=O)(O)O.OCC1(O)CCCCC1.OCC1(O)CCCCC1.OCC1(O)CCCCC1. The fourth-order valence-corrected chi connectivity index (χ4v) is 11.0. The lowest BCUT2D eigenvalue weighted by molar-refractivity contribution is -0.120. The van der Waals surface area contributed by atoms with Crippen LogP contribution in [-0.2, 0) is 59.3 Å². The van der Waals surface area contributed by atoms with Crippen molar-refractivity contribution in [3.05, 3.63) is 0 Å². The van der Waals surface area contributed by atoms with Gasteiger partial charge >= 0.3 is 22.7 Å². The number of ketones is 1. The van der Waals surface area contributed by atoms with Gasteiger partial charge in [0.1, 0.15) is 17.0 Å². The molecule has 8 fully saturated rings. The largest absolute Gasteiger partial charge is 0.519 e. The molecular weight excluding hydrogens is 1400 g/mol. The van der Waals surface area contributed by atoms with Gasteiger partial charge in [0.2, 0.25) is 0 Å². The van der Waals surface area contributed by atoms with Crippen molar-refractivity contribution in [3.8, 4) is 0 Å². The van der Waals surface area contributed by atoms with Crippen molar-refractivity contribution in [1.29, 1.82) is 0 Å². The van der Waals surface area contributed by atoms with Gasteiger partial charge in [-0.05, 0) is 150 Å². The number of hydrogen-bond acceptors (Lipinski definition) is 20. The summed E-state index contributed by atoms with van der Waals surface area (Å²) in [5.41, 5.74) is -3.04. The Morgan fingerprint density at radius 2 is 0.702 bits per heavy atom. The number of halogens is 2. The van der Waals surface area contributed by atoms with Crippen LogP contribution in [0.4, 0.5) is 9.59 Å². The summed E-state index contributed by atoms with van der Waals surface area (Å²) in [5.74, 6) is 0.464. The van der Waals surface area contributed by atoms with E-state index in [0.29, 0.717) is 11.4 Å². The quantitative estimate of drug-likeness (QED) is 0.0265. The fraction of sp³-hybridized carbons (Fsp3) is 0.956. The van der Waals surface area contributed by atoms with Crippen LogP contribution in [0.5, 0.6) is 0 Å². The Morgan fingerprint density at radius 1 is 0.489 bits per heavy atom. The highest BCUT2D eigenvalue weighted by Crippen LogP contribution is 2.41. The van der Waals surface area contributed by atoms with Crippen molar-refractivity contribution in [2.75, 3.05) is 86.8 Å². The third-order valence-corrected chi connectivity index (χ3v) is 16.1. The van der Waals surface area contributed by atoms with Crippen molar-refractivity contribution in [2.45, 2.75) is 333 Å². The zero-order valence-corrected chi connectivity index (χ0v) is 63.0. The van der Waals surface area contributed by atoms with E-state index in [2.05, 4.69) is 4.74 Å². The lowest BCUT2D eigenvalue weighted by atomic mass is 9.85. The fourth-order valence-electron chi connectivity index (χ4n) is 11.0. The maximum Gasteiger partial charge on any atom is 0.519 e. The Kier molecular flexibility index (Phi) is 57.6. The number of hydrogen-bond donors (Lipinski definition) is 8. The number of epoxide rings is 1. The summed E-state index contributed by atoms with van der Waals surface area (Å²) in [5, 5.41) is 54.4. The van der Waals surface area contributed by atoms with Crippen LogP contribution < -0.4 is 0 Å². The molecule has 0 aromatic rings. The molecule has 0 radical (unpaired) electrons. The summed E-state index contributed by atoms with van der Waals surface area (Å²) in [6, 6.07) is 0. The molecule has 8 N–H and O–H groups in total. The van der Waals surface area contributed by atoms with Gasteiger partial charge in [-0.25, -0.2) is 9.59 Å². The van der Waals surface area contributed by atoms with E-state index in [4.69, 9.17) is 66.0 Å². The van der Waals surface area contributed by atoms with Gasteiger partial charge in [0, 0.05) is 62.5 Å². The van der Waals surface area contributed by atoms with E-state index in [9.17, 15) is 33.9 Å². The highest BCUT2D eigenvalue weighted by Gasteiger charge is 2.44. The molecule has 94 heavy (non-hydrogen) atoms. The number of aliphatic hydroxyl groups is 6. The molecular formula is C68H142ClIO22S2. The maximum absolute atomic E-state index is 11.0. The lowest BCUT2D eigenvalue weighted by Gasteiger charge is -2.35. The molecule has 0 unspecified atom stereocenters. The second-order valence-electron chi connectivity index (χ2n) is 28.5. The van der Waals surface area contributed by atoms with Crippen LogP contribution in [0.2, 0.25) is 0 Å². The van der Waals surface area contributed by atoms with Crippen LogP contribution >= 0.6 is 33.6 Å². The van der Waals surface area contributed by atoms with Crippen molar-refractivity contribution in [3.63, 3.8) is 0 Å². The Hall–Kier alpha value is -0.990. The minimum absolute atomic E-state index is 0. The van der Waals surface area contributed by atoms with Crippen LogP contribution in [-0.4, -0.2) is 202 Å². The molecule has 0 bridgehead atoms. The standard InChI is InChI=1S/C10H18O5.2C9H18O2.3C7H14O2.C7H12O.C6H10O.C3H9IOS.3CH4.ClH.H2O4S/c1-9(2,3)14-7(11)13-8(12)15-10(4,5)6;2*1-10-8-9(11-2)6-4-3-5-7-9;3*8-6-7(9)4-2-1-3-5-7;1-2-4-7(5-3-1)6-8-7;7-6-4-2-1-3-5-6;1-6(2,3,4)5;;;;;1-5(2,3)4/h1-6H3;2*3-8H2,1-2H3;3*8-9H,1-6H2;1-6H2;1-5H2;1-3H3;3*1H4;1H;(H2,1,2,3,4). The topological polar surface area (TPSA) is 341 Å². The molecule has 1 saturated heterocycles. The predicted molar refractivity (Wildman–Crippen MR) is 390 cm³/mol. The average molecular weight is 1540 g/mol. The summed E-state index contributed by atoms with van der Waals surface area (Å²) in [6.45, 7) is 12.4. The summed E-state index contributed by atoms with van der Waals surface area (Å²) in [4.78, 5) is 32.5. The molecule has 26 heteroatoms. The van der Waals surface area contributed by atoms with Crippen LogP contribution in [0.1, 0.15) is 289 Å². The first-order chi connectivity index (χ1) is 41.5. The van der Waals surface area contributed by atoms with E-state index in [1.165, 1.54) is 96.3 Å². The van der Waals surface area contributed by atoms with Crippen molar-refractivity contribution in [1.82, 2.24) is 0 Å². The lowest BCUT2D eigenvalue weighted by Crippen LogP contribution is -2.38. The van der Waals surface area contributed by atoms with Gasteiger partial charge in [0.25, 0.3) is 0 Å². The first-order valence-electron chi connectivity index (χ1n) is 32.9. The van der Waals surface area contributed by atoms with Gasteiger partial charge in [-0.2, -0.15) is 8.42 Å². The van der Waals surface area contributed by atoms with Crippen molar-refractivity contribution in [2.24, 2.45) is 0 Å². The second kappa shape index (κ2) is 52.0. The number of rotatable bonds is 9. The van der Waals surface area contributed by atoms with Crippen molar-refractivity contribution < 1.29 is 105 Å². The highest BCUT2D eigenvalue weighted by atomic mass is 127. The molecule has 7 saturated carbocycles. The predicted octanol–water partition coefficient (Wildman–Crippen LogP) is 14.8. The Morgan fingerprint density at radius 3 is 0.851 bits per heavy atom. The summed E-state index contributed by atoms with van der Waals surface area (Å²) < 4.78 is 82.8. The highest BCUT2D eigenvalue weighted by molar-refractivity contribution is 14.2. The van der Waals surface area contributed by atoms with Crippen LogP contribution in [0.3, 0.4) is 0 Å². The second-order valence-corrected chi connectivity index (χ2v) is 42.9. The number of aliphatic hydroxyl groups excluding tert-OH is 3. The van der Waals surface area contributed by atoms with Gasteiger partial charge < -0.3 is 68.5 Å². The molecule has 8 rings (SSSR count). The third kappa shape index (κ3) is 62.0. The van der Waals surface area contributed by atoms with Gasteiger partial charge in [-0.1, -0.05) is 151 Å². The monoisotopic (exact) mass is 1540 g/mol. The Labute approximate surface area is 589 Å². The molecule has 1 aliphatic heterocycles. The van der Waals surface area contributed by atoms with Gasteiger partial charge in [-0.3, -0.25) is 18.1 Å². The Balaban J connectivity index is -0.000000230. The number of methoxy groups -OCH3 is 4. The normalized spacial score (nSPS) is 21.2. The Bertz CT molecular complexity index is 1900. The number of carbonyl (C=O) groups is 3. The van der Waals surface area contributed by atoms with Gasteiger partial charge in [0.05, 0.1) is 73.2 Å². The molecule has 0 atom stereocenters. The molecule has 0 aromatic carbocycles. The van der Waals surface area contributed by atoms with E-state index in [1.54, 1.807) is 88.7 Å². The van der Waals surface area contributed by atoms with Crippen LogP contribution in [0.15, 0.2) is 0 Å². The molecule has 7 aliphatic carbocycles. The van der Waals surface area contributed by atoms with E-state index in [0.717, 1.165) is 148 Å². The molecule has 0 aromatic heterocycles. The minimum atomic E-state index is -4.67. The van der Waals surface area contributed by atoms with E-state index in [-0.39, 0.29) is 65.7 Å². The van der Waals surface area contributed by atoms with Crippen molar-refractivity contribution >= 4 is 68.3 Å². The summed E-state index contributed by atoms with van der Waals surface area (Å²) in [6.07, 6.45) is 40.4. The smallest absolute Gasteiger partial charge is 0.428 e. The zero-order chi connectivity index (χ0) is 69.3. The molecule has 1 spiro atoms. The zero-order valence-electron chi connectivity index (χ0n) is 58.4.